The van der Waals surface area contributed by atoms with E-state index in [0.717, 1.165) is 16.9 Å². The number of carbonyl (C=O) groups is 1. The highest BCUT2D eigenvalue weighted by molar-refractivity contribution is 7.80. The number of nitrogens with one attached hydrogen (secondary N) is 1. The van der Waals surface area contributed by atoms with Gasteiger partial charge in [0.05, 0.1) is 37.2 Å². The summed E-state index contributed by atoms with van der Waals surface area (Å²) in [7, 11) is 3.21. The van der Waals surface area contributed by atoms with E-state index in [1.54, 1.807) is 44.7 Å². The molecule has 2 aromatic carbocycles. The van der Waals surface area contributed by atoms with E-state index in [2.05, 4.69) is 10.3 Å². The number of carboxylic acids is 1. The molecule has 2 N–H and O–H groups in total. The number of anilines is 1. The molecular weight excluding hydrogens is 478 g/mol. The third-order valence-corrected chi connectivity index (χ3v) is 6.39. The Balaban J connectivity index is 1.61. The SMILES string of the molecule is COc1ccc(OC)c(N2C(=S)NC(c3ccccn3)C2c2ccc(-c3ccc(C(=O)O)cc3)o2)c1. The van der Waals surface area contributed by atoms with E-state index in [1.165, 1.54) is 0 Å². The number of rotatable bonds is 7. The van der Waals surface area contributed by atoms with E-state index in [-0.39, 0.29) is 17.6 Å². The number of aromatic carboxylic acids is 1. The van der Waals surface area contributed by atoms with E-state index >= 15 is 0 Å². The number of hydrogen-bond acceptors (Lipinski definition) is 6. The Morgan fingerprint density at radius 2 is 1.86 bits per heavy atom. The predicted molar refractivity (Wildman–Crippen MR) is 139 cm³/mol. The van der Waals surface area contributed by atoms with Gasteiger partial charge in [0.15, 0.2) is 5.11 Å². The minimum Gasteiger partial charge on any atom is -0.497 e. The zero-order valence-corrected chi connectivity index (χ0v) is 20.4. The predicted octanol–water partition coefficient (Wildman–Crippen LogP) is 5.23. The molecule has 0 bridgehead atoms. The standard InChI is InChI=1S/C27H23N3O5S/c1-33-18-10-11-22(34-2)20(15-18)30-25(24(29-27(30)36)19-5-3-4-14-28-19)23-13-12-21(35-23)16-6-8-17(9-7-16)26(31)32/h3-15,24-25H,1-2H3,(H,29,36)(H,31,32). The van der Waals surface area contributed by atoms with Gasteiger partial charge in [0.25, 0.3) is 0 Å². The molecule has 1 aliphatic rings. The summed E-state index contributed by atoms with van der Waals surface area (Å²) in [5.41, 5.74) is 2.50. The minimum atomic E-state index is -0.978. The lowest BCUT2D eigenvalue weighted by molar-refractivity contribution is 0.0697. The molecule has 1 fully saturated rings. The zero-order chi connectivity index (χ0) is 25.2. The minimum absolute atomic E-state index is 0.211. The van der Waals surface area contributed by atoms with Crippen LogP contribution in [-0.4, -0.2) is 35.4 Å². The quantitative estimate of drug-likeness (QED) is 0.330. The Hall–Kier alpha value is -4.37. The molecule has 1 saturated heterocycles. The molecule has 0 radical (unpaired) electrons. The van der Waals surface area contributed by atoms with Crippen LogP contribution in [0.1, 0.15) is 33.9 Å². The van der Waals surface area contributed by atoms with Crippen LogP contribution in [0, 0.1) is 0 Å². The molecule has 182 valence electrons. The van der Waals surface area contributed by atoms with Crippen LogP contribution in [0.4, 0.5) is 5.69 Å². The maximum absolute atomic E-state index is 11.2. The average molecular weight is 502 g/mol. The lowest BCUT2D eigenvalue weighted by Crippen LogP contribution is -2.29. The monoisotopic (exact) mass is 501 g/mol. The van der Waals surface area contributed by atoms with Crippen molar-refractivity contribution in [2.24, 2.45) is 0 Å². The molecular formula is C27H23N3O5S. The number of ether oxygens (including phenoxy) is 2. The van der Waals surface area contributed by atoms with E-state index in [1.807, 2.05) is 53.4 Å². The number of hydrogen-bond donors (Lipinski definition) is 2. The Kier molecular flexibility index (Phi) is 6.30. The largest absolute Gasteiger partial charge is 0.497 e. The summed E-state index contributed by atoms with van der Waals surface area (Å²) in [4.78, 5) is 17.7. The van der Waals surface area contributed by atoms with Crippen molar-refractivity contribution in [3.05, 3.63) is 96.0 Å². The number of thiocarbonyl (C=S) groups is 1. The van der Waals surface area contributed by atoms with Crippen molar-refractivity contribution in [1.29, 1.82) is 0 Å². The fourth-order valence-corrected chi connectivity index (χ4v) is 4.67. The van der Waals surface area contributed by atoms with Crippen LogP contribution in [0.15, 0.2) is 83.4 Å². The van der Waals surface area contributed by atoms with E-state index in [9.17, 15) is 9.90 Å². The van der Waals surface area contributed by atoms with Gasteiger partial charge < -0.3 is 29.2 Å². The maximum atomic E-state index is 11.2. The van der Waals surface area contributed by atoms with Gasteiger partial charge in [-0.15, -0.1) is 0 Å². The van der Waals surface area contributed by atoms with Crippen molar-refractivity contribution < 1.29 is 23.8 Å². The number of furan rings is 1. The third kappa shape index (κ3) is 4.25. The van der Waals surface area contributed by atoms with Crippen molar-refractivity contribution in [3.63, 3.8) is 0 Å². The second-order valence-electron chi connectivity index (χ2n) is 8.12. The van der Waals surface area contributed by atoms with Crippen molar-refractivity contribution in [3.8, 4) is 22.8 Å². The Bertz CT molecular complexity index is 1400. The Morgan fingerprint density at radius 1 is 1.06 bits per heavy atom. The van der Waals surface area contributed by atoms with Gasteiger partial charge in [-0.3, -0.25) is 4.98 Å². The number of methoxy groups -OCH3 is 2. The van der Waals surface area contributed by atoms with Crippen LogP contribution >= 0.6 is 12.2 Å². The summed E-state index contributed by atoms with van der Waals surface area (Å²) >= 11 is 5.80. The van der Waals surface area contributed by atoms with Crippen LogP contribution in [0.25, 0.3) is 11.3 Å². The molecule has 2 atom stereocenters. The number of pyridine rings is 1. The van der Waals surface area contributed by atoms with Crippen molar-refractivity contribution >= 4 is 29.0 Å². The van der Waals surface area contributed by atoms with Gasteiger partial charge in [-0.1, -0.05) is 18.2 Å². The smallest absolute Gasteiger partial charge is 0.335 e. The van der Waals surface area contributed by atoms with Crippen LogP contribution in [-0.2, 0) is 0 Å². The van der Waals surface area contributed by atoms with Crippen molar-refractivity contribution in [1.82, 2.24) is 10.3 Å². The molecule has 0 amide bonds. The molecule has 2 unspecified atom stereocenters. The molecule has 36 heavy (non-hydrogen) atoms. The summed E-state index contributed by atoms with van der Waals surface area (Å²) in [5.74, 6) is 1.57. The molecule has 1 aliphatic heterocycles. The second kappa shape index (κ2) is 9.71. The van der Waals surface area contributed by atoms with E-state index in [4.69, 9.17) is 26.1 Å². The fourth-order valence-electron chi connectivity index (χ4n) is 4.33. The van der Waals surface area contributed by atoms with Gasteiger partial charge in [-0.25, -0.2) is 4.79 Å². The van der Waals surface area contributed by atoms with Crippen LogP contribution in [0.2, 0.25) is 0 Å². The zero-order valence-electron chi connectivity index (χ0n) is 19.5. The number of carboxylic acid groups (broad SMARTS) is 1. The van der Waals surface area contributed by atoms with Crippen molar-refractivity contribution in [2.75, 3.05) is 19.1 Å². The highest BCUT2D eigenvalue weighted by Crippen LogP contribution is 2.46. The first-order chi connectivity index (χ1) is 17.5. The molecule has 0 aliphatic carbocycles. The van der Waals surface area contributed by atoms with Gasteiger partial charge in [-0.2, -0.15) is 0 Å². The number of aromatic nitrogens is 1. The highest BCUT2D eigenvalue weighted by Gasteiger charge is 2.43. The first-order valence-electron chi connectivity index (χ1n) is 11.2. The number of nitrogens with zero attached hydrogens (tertiary/aromatic N) is 2. The van der Waals surface area contributed by atoms with E-state index < -0.39 is 5.97 Å². The topological polar surface area (TPSA) is 97.1 Å². The Morgan fingerprint density at radius 3 is 2.53 bits per heavy atom. The van der Waals surface area contributed by atoms with Crippen LogP contribution in [0.3, 0.4) is 0 Å². The molecule has 9 heteroatoms. The average Bonchev–Trinajstić information content (AvgIpc) is 3.53. The first-order valence-corrected chi connectivity index (χ1v) is 11.6. The van der Waals surface area contributed by atoms with Gasteiger partial charge in [0.2, 0.25) is 0 Å². The molecule has 4 aromatic rings. The first kappa shape index (κ1) is 23.4. The van der Waals surface area contributed by atoms with Gasteiger partial charge in [-0.05, 0) is 60.7 Å². The summed E-state index contributed by atoms with van der Waals surface area (Å²) in [6, 6.07) is 20.9. The lowest BCUT2D eigenvalue weighted by atomic mass is 10.0. The fraction of sp³-hybridized carbons (Fsp3) is 0.148. The van der Waals surface area contributed by atoms with Gasteiger partial charge >= 0.3 is 5.97 Å². The molecule has 3 heterocycles. The number of benzene rings is 2. The second-order valence-corrected chi connectivity index (χ2v) is 8.51. The lowest BCUT2D eigenvalue weighted by Gasteiger charge is -2.27. The molecule has 0 spiro atoms. The normalized spacial score (nSPS) is 17.1. The highest BCUT2D eigenvalue weighted by atomic mass is 32.1. The molecule has 0 saturated carbocycles. The van der Waals surface area contributed by atoms with E-state index in [0.29, 0.717) is 28.1 Å². The summed E-state index contributed by atoms with van der Waals surface area (Å²) < 4.78 is 17.5. The van der Waals surface area contributed by atoms with Gasteiger partial charge in [0.1, 0.15) is 29.1 Å². The van der Waals surface area contributed by atoms with Gasteiger partial charge in [0, 0.05) is 17.8 Å². The Labute approximate surface area is 213 Å². The summed E-state index contributed by atoms with van der Waals surface area (Å²) in [6.07, 6.45) is 1.74. The molecule has 5 rings (SSSR count). The summed E-state index contributed by atoms with van der Waals surface area (Å²) in [6.45, 7) is 0. The summed E-state index contributed by atoms with van der Waals surface area (Å²) in [5, 5.41) is 13.1. The maximum Gasteiger partial charge on any atom is 0.335 e. The third-order valence-electron chi connectivity index (χ3n) is 6.08. The van der Waals surface area contributed by atoms with Crippen molar-refractivity contribution in [2.45, 2.75) is 12.1 Å². The molecule has 2 aromatic heterocycles. The van der Waals surface area contributed by atoms with Crippen LogP contribution in [0.5, 0.6) is 11.5 Å². The van der Waals surface area contributed by atoms with Crippen LogP contribution < -0.4 is 19.7 Å². The molecule has 8 nitrogen and oxygen atoms in total.